The number of alkyl halides is 10. The summed E-state index contributed by atoms with van der Waals surface area (Å²) in [5, 5.41) is 0. The molecular formula is C7H7F10NO. The summed E-state index contributed by atoms with van der Waals surface area (Å²) < 4.78 is 126. The highest BCUT2D eigenvalue weighted by atomic mass is 19.3. The molecule has 0 saturated carbocycles. The molecule has 0 N–H and O–H groups in total. The molecule has 116 valence electrons. The van der Waals surface area contributed by atoms with Gasteiger partial charge in [-0.25, -0.2) is 8.78 Å². The zero-order valence-electron chi connectivity index (χ0n) is 9.00. The average molecular weight is 311 g/mol. The molecule has 2 nitrogen and oxygen atoms in total. The number of hydrogen-bond donors (Lipinski definition) is 0. The summed E-state index contributed by atoms with van der Waals surface area (Å²) in [7, 11) is 0. The molecule has 0 aromatic heterocycles. The number of halogens is 10. The van der Waals surface area contributed by atoms with E-state index in [2.05, 4.69) is 4.74 Å². The van der Waals surface area contributed by atoms with Gasteiger partial charge in [0.05, 0.1) is 0 Å². The monoisotopic (exact) mass is 311 g/mol. The fraction of sp³-hybridized carbons (Fsp3) is 1.00. The lowest BCUT2D eigenvalue weighted by Gasteiger charge is -2.38. The van der Waals surface area contributed by atoms with Gasteiger partial charge in [0, 0.05) is 6.54 Å². The van der Waals surface area contributed by atoms with Gasteiger partial charge < -0.3 is 0 Å². The van der Waals surface area contributed by atoms with Crippen LogP contribution in [0.15, 0.2) is 0 Å². The number of nitrogens with zero attached hydrogens (tertiary/aromatic N) is 1. The summed E-state index contributed by atoms with van der Waals surface area (Å²) >= 11 is 0. The highest BCUT2D eigenvalue weighted by Crippen LogP contribution is 2.44. The number of rotatable bonds is 7. The summed E-state index contributed by atoms with van der Waals surface area (Å²) in [4.78, 5) is -1.91. The number of ether oxygens (including phenoxy) is 1. The van der Waals surface area contributed by atoms with Gasteiger partial charge in [-0.2, -0.15) is 40.0 Å². The highest BCUT2D eigenvalue weighted by Gasteiger charge is 2.69. The van der Waals surface area contributed by atoms with E-state index in [4.69, 9.17) is 0 Å². The lowest BCUT2D eigenvalue weighted by molar-refractivity contribution is -0.453. The third-order valence-electron chi connectivity index (χ3n) is 1.86. The Morgan fingerprint density at radius 1 is 0.947 bits per heavy atom. The Bertz CT molecular complexity index is 294. The Morgan fingerprint density at radius 3 is 1.63 bits per heavy atom. The maximum Gasteiger partial charge on any atom is 0.439 e. The topological polar surface area (TPSA) is 12.5 Å². The highest BCUT2D eigenvalue weighted by molar-refractivity contribution is 4.84. The third kappa shape index (κ3) is 3.61. The van der Waals surface area contributed by atoms with Crippen LogP contribution in [0.25, 0.3) is 0 Å². The van der Waals surface area contributed by atoms with E-state index in [0.29, 0.717) is 6.92 Å². The predicted molar refractivity (Wildman–Crippen MR) is 40.3 cm³/mol. The first-order chi connectivity index (χ1) is 8.30. The molecule has 0 atom stereocenters. The minimum atomic E-state index is -6.09. The first-order valence-electron chi connectivity index (χ1n) is 4.46. The first-order valence-corrected chi connectivity index (χ1v) is 4.46. The molecule has 19 heavy (non-hydrogen) atoms. The van der Waals surface area contributed by atoms with Crippen LogP contribution in [0.5, 0.6) is 0 Å². The molecular weight excluding hydrogens is 304 g/mol. The second-order valence-corrected chi connectivity index (χ2v) is 3.07. The summed E-state index contributed by atoms with van der Waals surface area (Å²) in [5.41, 5.74) is 0. The van der Waals surface area contributed by atoms with Gasteiger partial charge in [-0.05, 0) is 0 Å². The van der Waals surface area contributed by atoms with Crippen molar-refractivity contribution in [3.63, 3.8) is 0 Å². The SMILES string of the molecule is CCN(C(F)(F)C(F)F)C(F)(F)C(F)(F)OC(F)F. The third-order valence-corrected chi connectivity index (χ3v) is 1.86. The first kappa shape index (κ1) is 18.2. The van der Waals surface area contributed by atoms with Gasteiger partial charge in [-0.15, -0.1) is 0 Å². The van der Waals surface area contributed by atoms with Crippen molar-refractivity contribution in [1.82, 2.24) is 4.90 Å². The normalized spacial score (nSPS) is 14.8. The van der Waals surface area contributed by atoms with Gasteiger partial charge in [0.1, 0.15) is 0 Å². The van der Waals surface area contributed by atoms with Crippen molar-refractivity contribution < 1.29 is 48.6 Å². The van der Waals surface area contributed by atoms with Gasteiger partial charge in [-0.3, -0.25) is 4.74 Å². The van der Waals surface area contributed by atoms with Gasteiger partial charge in [-0.1, -0.05) is 6.92 Å². The summed E-state index contributed by atoms with van der Waals surface area (Å²) in [6.45, 7) is -5.66. The Balaban J connectivity index is 5.46. The second-order valence-electron chi connectivity index (χ2n) is 3.07. The molecule has 0 aromatic carbocycles. The molecule has 0 amide bonds. The van der Waals surface area contributed by atoms with Crippen LogP contribution in [0.1, 0.15) is 6.92 Å². The van der Waals surface area contributed by atoms with Crippen LogP contribution < -0.4 is 0 Å². The van der Waals surface area contributed by atoms with E-state index in [1.165, 1.54) is 0 Å². The van der Waals surface area contributed by atoms with Crippen LogP contribution in [-0.4, -0.2) is 42.7 Å². The molecule has 12 heteroatoms. The maximum atomic E-state index is 13.0. The van der Waals surface area contributed by atoms with Crippen LogP contribution in [0.2, 0.25) is 0 Å². The van der Waals surface area contributed by atoms with Crippen molar-refractivity contribution in [2.45, 2.75) is 38.2 Å². The van der Waals surface area contributed by atoms with E-state index < -0.39 is 42.7 Å². The summed E-state index contributed by atoms with van der Waals surface area (Å²) in [6.07, 6.45) is -10.8. The molecule has 0 aromatic rings. The Hall–Kier alpha value is -0.780. The standard InChI is InChI=1S/C7H7F10NO/c1-2-18(5(12,13)3(8)9)6(14,15)7(16,17)19-4(10)11/h3-4H,2H2,1H3. The smallest absolute Gasteiger partial charge is 0.252 e. The van der Waals surface area contributed by atoms with Crippen molar-refractivity contribution in [2.24, 2.45) is 0 Å². The maximum absolute atomic E-state index is 13.0. The van der Waals surface area contributed by atoms with Gasteiger partial charge in [0.15, 0.2) is 0 Å². The van der Waals surface area contributed by atoms with Crippen molar-refractivity contribution >= 4 is 0 Å². The zero-order chi connectivity index (χ0) is 15.6. The molecule has 0 bridgehead atoms. The van der Waals surface area contributed by atoms with Crippen molar-refractivity contribution in [2.75, 3.05) is 6.54 Å². The molecule has 0 radical (unpaired) electrons. The van der Waals surface area contributed by atoms with E-state index in [9.17, 15) is 43.9 Å². The Kier molecular flexibility index (Phi) is 5.46. The quantitative estimate of drug-likeness (QED) is 0.526. The molecule has 0 spiro atoms. The average Bonchev–Trinajstić information content (AvgIpc) is 2.14. The number of hydrogen-bond acceptors (Lipinski definition) is 2. The molecule has 0 unspecified atom stereocenters. The van der Waals surface area contributed by atoms with Crippen LogP contribution >= 0.6 is 0 Å². The Labute approximate surface area is 99.5 Å². The molecule has 0 fully saturated rings. The lowest BCUT2D eigenvalue weighted by atomic mass is 10.3. The van der Waals surface area contributed by atoms with E-state index in [0.717, 1.165) is 0 Å². The molecule has 0 rings (SSSR count). The molecule has 0 aliphatic carbocycles. The largest absolute Gasteiger partial charge is 0.439 e. The van der Waals surface area contributed by atoms with Crippen molar-refractivity contribution in [3.05, 3.63) is 0 Å². The van der Waals surface area contributed by atoms with E-state index in [1.807, 2.05) is 0 Å². The Morgan fingerprint density at radius 2 is 1.37 bits per heavy atom. The van der Waals surface area contributed by atoms with E-state index in [-0.39, 0.29) is 0 Å². The predicted octanol–water partition coefficient (Wildman–Crippen LogP) is 3.59. The fourth-order valence-electron chi connectivity index (χ4n) is 1.05. The zero-order valence-corrected chi connectivity index (χ0v) is 9.00. The minimum absolute atomic E-state index is 0.433. The molecule has 0 aliphatic rings. The number of likely N-dealkylation sites (N-methyl/N-ethyl adjacent to an activating group) is 1. The second kappa shape index (κ2) is 5.69. The van der Waals surface area contributed by atoms with Crippen LogP contribution in [-0.2, 0) is 4.74 Å². The summed E-state index contributed by atoms with van der Waals surface area (Å²) in [6, 6.07) is -11.7. The van der Waals surface area contributed by atoms with Gasteiger partial charge in [0.25, 0.3) is 0 Å². The minimum Gasteiger partial charge on any atom is -0.252 e. The van der Waals surface area contributed by atoms with Crippen molar-refractivity contribution in [3.8, 4) is 0 Å². The molecule has 0 saturated heterocycles. The van der Waals surface area contributed by atoms with Crippen LogP contribution in [0.4, 0.5) is 43.9 Å². The van der Waals surface area contributed by atoms with Crippen LogP contribution in [0.3, 0.4) is 0 Å². The molecule has 0 heterocycles. The molecule has 0 aliphatic heterocycles. The van der Waals surface area contributed by atoms with E-state index in [1.54, 1.807) is 0 Å². The van der Waals surface area contributed by atoms with Crippen LogP contribution in [0, 0.1) is 0 Å². The fourth-order valence-corrected chi connectivity index (χ4v) is 1.05. The van der Waals surface area contributed by atoms with Crippen molar-refractivity contribution in [1.29, 1.82) is 0 Å². The van der Waals surface area contributed by atoms with E-state index >= 15 is 0 Å². The summed E-state index contributed by atoms with van der Waals surface area (Å²) in [5.74, 6) is 0. The van der Waals surface area contributed by atoms with Gasteiger partial charge in [0.2, 0.25) is 0 Å². The van der Waals surface area contributed by atoms with Gasteiger partial charge >= 0.3 is 31.2 Å². The lowest BCUT2D eigenvalue weighted by Crippen LogP contribution is -2.63.